The average Bonchev–Trinajstić information content (AvgIpc) is 2.52. The van der Waals surface area contributed by atoms with Crippen molar-refractivity contribution in [1.82, 2.24) is 0 Å². The molecule has 1 aliphatic heterocycles. The van der Waals surface area contributed by atoms with E-state index in [1.54, 1.807) is 0 Å². The first-order valence-corrected chi connectivity index (χ1v) is 7.95. The summed E-state index contributed by atoms with van der Waals surface area (Å²) >= 11 is 0. The van der Waals surface area contributed by atoms with Crippen LogP contribution in [0.3, 0.4) is 0 Å². The SMILES string of the molecule is CC(C(O)C1(CN)CCS(=O)(=O)C1)C(C)(C)C. The minimum atomic E-state index is -3.03. The first-order chi connectivity index (χ1) is 7.54. The average molecular weight is 263 g/mol. The van der Waals surface area contributed by atoms with E-state index in [-0.39, 0.29) is 29.4 Å². The third-order valence-corrected chi connectivity index (χ3v) is 6.13. The molecule has 0 aliphatic carbocycles. The van der Waals surface area contributed by atoms with Gasteiger partial charge in [0, 0.05) is 12.0 Å². The number of nitrogens with two attached hydrogens (primary N) is 1. The first kappa shape index (κ1) is 14.9. The topological polar surface area (TPSA) is 80.4 Å². The van der Waals surface area contributed by atoms with Gasteiger partial charge in [0.1, 0.15) is 0 Å². The Morgan fingerprint density at radius 2 is 1.94 bits per heavy atom. The molecule has 0 amide bonds. The molecule has 0 aromatic rings. The number of sulfone groups is 1. The standard InChI is InChI=1S/C12H25NO3S/c1-9(11(2,3)4)10(14)12(7-13)5-6-17(15,16)8-12/h9-10,14H,5-8,13H2,1-4H3. The van der Waals surface area contributed by atoms with Crippen LogP contribution in [0.15, 0.2) is 0 Å². The largest absolute Gasteiger partial charge is 0.392 e. The normalized spacial score (nSPS) is 32.4. The lowest BCUT2D eigenvalue weighted by atomic mass is 9.68. The van der Waals surface area contributed by atoms with E-state index in [1.807, 2.05) is 6.92 Å². The maximum absolute atomic E-state index is 11.6. The molecular weight excluding hydrogens is 238 g/mol. The fourth-order valence-electron chi connectivity index (χ4n) is 2.46. The second kappa shape index (κ2) is 4.52. The van der Waals surface area contributed by atoms with Crippen LogP contribution >= 0.6 is 0 Å². The summed E-state index contributed by atoms with van der Waals surface area (Å²) in [5.74, 6) is 0.190. The zero-order chi connectivity index (χ0) is 13.5. The van der Waals surface area contributed by atoms with Gasteiger partial charge in [-0.25, -0.2) is 8.42 Å². The molecule has 0 saturated carbocycles. The molecule has 1 aliphatic rings. The van der Waals surface area contributed by atoms with Gasteiger partial charge in [-0.15, -0.1) is 0 Å². The maximum Gasteiger partial charge on any atom is 0.151 e. The molecule has 1 saturated heterocycles. The summed E-state index contributed by atoms with van der Waals surface area (Å²) in [5, 5.41) is 10.5. The molecular formula is C12H25NO3S. The monoisotopic (exact) mass is 263 g/mol. The highest BCUT2D eigenvalue weighted by molar-refractivity contribution is 7.91. The summed E-state index contributed by atoms with van der Waals surface area (Å²) in [5.41, 5.74) is 5.04. The van der Waals surface area contributed by atoms with E-state index in [1.165, 1.54) is 0 Å². The Morgan fingerprint density at radius 1 is 1.41 bits per heavy atom. The minimum absolute atomic E-state index is 0.0133. The highest BCUT2D eigenvalue weighted by atomic mass is 32.2. The van der Waals surface area contributed by atoms with Crippen LogP contribution in [0, 0.1) is 16.7 Å². The molecule has 5 heteroatoms. The lowest BCUT2D eigenvalue weighted by Crippen LogP contribution is -2.49. The zero-order valence-electron chi connectivity index (χ0n) is 11.2. The van der Waals surface area contributed by atoms with Crippen LogP contribution in [0.2, 0.25) is 0 Å². The van der Waals surface area contributed by atoms with Gasteiger partial charge in [-0.05, 0) is 17.8 Å². The van der Waals surface area contributed by atoms with Crippen LogP contribution in [0.1, 0.15) is 34.1 Å². The Morgan fingerprint density at radius 3 is 2.24 bits per heavy atom. The Bertz CT molecular complexity index is 372. The predicted molar refractivity (Wildman–Crippen MR) is 69.4 cm³/mol. The van der Waals surface area contributed by atoms with Crippen molar-refractivity contribution in [3.05, 3.63) is 0 Å². The van der Waals surface area contributed by atoms with Crippen molar-refractivity contribution in [1.29, 1.82) is 0 Å². The summed E-state index contributed by atoms with van der Waals surface area (Å²) in [4.78, 5) is 0. The molecule has 1 rings (SSSR count). The van der Waals surface area contributed by atoms with Gasteiger partial charge in [0.05, 0.1) is 17.6 Å². The summed E-state index contributed by atoms with van der Waals surface area (Å²) in [6, 6.07) is 0. The molecule has 4 nitrogen and oxygen atoms in total. The quantitative estimate of drug-likeness (QED) is 0.789. The van der Waals surface area contributed by atoms with E-state index in [4.69, 9.17) is 5.73 Å². The summed E-state index contributed by atoms with van der Waals surface area (Å²) in [7, 11) is -3.03. The molecule has 17 heavy (non-hydrogen) atoms. The van der Waals surface area contributed by atoms with Crippen molar-refractivity contribution in [3.63, 3.8) is 0 Å². The van der Waals surface area contributed by atoms with E-state index < -0.39 is 21.4 Å². The van der Waals surface area contributed by atoms with Crippen molar-refractivity contribution >= 4 is 9.84 Å². The van der Waals surface area contributed by atoms with Crippen molar-refractivity contribution < 1.29 is 13.5 Å². The zero-order valence-corrected chi connectivity index (χ0v) is 12.0. The fourth-order valence-corrected chi connectivity index (χ4v) is 4.63. The highest BCUT2D eigenvalue weighted by Crippen LogP contribution is 2.42. The maximum atomic E-state index is 11.6. The highest BCUT2D eigenvalue weighted by Gasteiger charge is 2.49. The summed E-state index contributed by atoms with van der Waals surface area (Å²) < 4.78 is 23.2. The van der Waals surface area contributed by atoms with Crippen LogP contribution in [0.4, 0.5) is 0 Å². The lowest BCUT2D eigenvalue weighted by molar-refractivity contribution is -0.0317. The van der Waals surface area contributed by atoms with Gasteiger partial charge in [-0.3, -0.25) is 0 Å². The second-order valence-corrected chi connectivity index (χ2v) is 8.69. The predicted octanol–water partition coefficient (Wildman–Crippen LogP) is 0.793. The molecule has 3 atom stereocenters. The van der Waals surface area contributed by atoms with E-state index in [9.17, 15) is 13.5 Å². The van der Waals surface area contributed by atoms with Crippen molar-refractivity contribution in [3.8, 4) is 0 Å². The van der Waals surface area contributed by atoms with Crippen molar-refractivity contribution in [2.75, 3.05) is 18.1 Å². The van der Waals surface area contributed by atoms with Crippen LogP contribution < -0.4 is 5.73 Å². The van der Waals surface area contributed by atoms with Crippen LogP contribution in [0.25, 0.3) is 0 Å². The van der Waals surface area contributed by atoms with Gasteiger partial charge in [0.15, 0.2) is 9.84 Å². The molecule has 3 unspecified atom stereocenters. The molecule has 0 spiro atoms. The Labute approximate surface area is 105 Å². The van der Waals surface area contributed by atoms with Gasteiger partial charge >= 0.3 is 0 Å². The number of aliphatic hydroxyl groups is 1. The molecule has 3 N–H and O–H groups in total. The molecule has 0 aromatic heterocycles. The van der Waals surface area contributed by atoms with E-state index in [2.05, 4.69) is 20.8 Å². The van der Waals surface area contributed by atoms with E-state index in [0.29, 0.717) is 6.42 Å². The summed E-state index contributed by atoms with van der Waals surface area (Å²) in [6.07, 6.45) is -0.183. The fraction of sp³-hybridized carbons (Fsp3) is 1.00. The number of aliphatic hydroxyl groups excluding tert-OH is 1. The minimum Gasteiger partial charge on any atom is -0.392 e. The smallest absolute Gasteiger partial charge is 0.151 e. The Balaban J connectivity index is 2.97. The molecule has 0 bridgehead atoms. The van der Waals surface area contributed by atoms with E-state index in [0.717, 1.165) is 0 Å². The third kappa shape index (κ3) is 3.01. The molecule has 102 valence electrons. The van der Waals surface area contributed by atoms with Crippen LogP contribution in [-0.4, -0.2) is 37.7 Å². The third-order valence-electron chi connectivity index (χ3n) is 4.29. The molecule has 1 heterocycles. The van der Waals surface area contributed by atoms with Crippen molar-refractivity contribution in [2.24, 2.45) is 22.5 Å². The van der Waals surface area contributed by atoms with Crippen molar-refractivity contribution in [2.45, 2.75) is 40.2 Å². The van der Waals surface area contributed by atoms with E-state index >= 15 is 0 Å². The number of hydrogen-bond donors (Lipinski definition) is 2. The Hall–Kier alpha value is -0.130. The van der Waals surface area contributed by atoms with Gasteiger partial charge in [-0.2, -0.15) is 0 Å². The second-order valence-electron chi connectivity index (χ2n) is 6.51. The number of rotatable bonds is 3. The summed E-state index contributed by atoms with van der Waals surface area (Å²) in [6.45, 7) is 8.35. The molecule has 1 fully saturated rings. The van der Waals surface area contributed by atoms with Gasteiger partial charge in [0.2, 0.25) is 0 Å². The van der Waals surface area contributed by atoms with Crippen LogP contribution in [0.5, 0.6) is 0 Å². The van der Waals surface area contributed by atoms with Gasteiger partial charge in [-0.1, -0.05) is 27.7 Å². The van der Waals surface area contributed by atoms with Crippen LogP contribution in [-0.2, 0) is 9.84 Å². The van der Waals surface area contributed by atoms with Gasteiger partial charge < -0.3 is 10.8 Å². The molecule has 0 aromatic carbocycles. The van der Waals surface area contributed by atoms with Gasteiger partial charge in [0.25, 0.3) is 0 Å². The first-order valence-electron chi connectivity index (χ1n) is 6.13. The number of hydrogen-bond acceptors (Lipinski definition) is 4. The Kier molecular flexibility index (Phi) is 3.97. The molecule has 0 radical (unpaired) electrons. The lowest BCUT2D eigenvalue weighted by Gasteiger charge is -2.41.